The summed E-state index contributed by atoms with van der Waals surface area (Å²) in [6.07, 6.45) is 3.15. The number of hydrogen-bond donors (Lipinski definition) is 1. The van der Waals surface area contributed by atoms with Gasteiger partial charge in [0.25, 0.3) is 0 Å². The summed E-state index contributed by atoms with van der Waals surface area (Å²) < 4.78 is 1.73. The van der Waals surface area contributed by atoms with Gasteiger partial charge in [0.2, 0.25) is 5.78 Å². The number of nitrogens with zero attached hydrogens (tertiary/aromatic N) is 3. The highest BCUT2D eigenvalue weighted by Crippen LogP contribution is 2.22. The van der Waals surface area contributed by atoms with E-state index in [0.29, 0.717) is 5.78 Å². The standard InChI is InChI=1S/C11H13N3O2/c1-11(2,3)8-4-5-12-10-13-7(9(15)16)6-14(8)10/h4-6H,1-3H3,(H,15,16). The summed E-state index contributed by atoms with van der Waals surface area (Å²) in [5, 5.41) is 8.88. The zero-order valence-corrected chi connectivity index (χ0v) is 9.43. The molecule has 0 bridgehead atoms. The molecule has 0 saturated carbocycles. The van der Waals surface area contributed by atoms with E-state index in [9.17, 15) is 4.79 Å². The molecule has 0 unspecified atom stereocenters. The van der Waals surface area contributed by atoms with Crippen LogP contribution in [-0.4, -0.2) is 25.4 Å². The van der Waals surface area contributed by atoms with Crippen LogP contribution in [0.3, 0.4) is 0 Å². The first-order valence-corrected chi connectivity index (χ1v) is 4.97. The number of carboxylic acid groups (broad SMARTS) is 1. The minimum atomic E-state index is -1.04. The highest BCUT2D eigenvalue weighted by Gasteiger charge is 2.19. The summed E-state index contributed by atoms with van der Waals surface area (Å²) in [6, 6.07) is 1.88. The van der Waals surface area contributed by atoms with E-state index in [0.717, 1.165) is 5.69 Å². The second kappa shape index (κ2) is 3.30. The van der Waals surface area contributed by atoms with Gasteiger partial charge in [0, 0.05) is 23.5 Å². The quantitative estimate of drug-likeness (QED) is 0.793. The highest BCUT2D eigenvalue weighted by atomic mass is 16.4. The summed E-state index contributed by atoms with van der Waals surface area (Å²) >= 11 is 0. The number of carboxylic acids is 1. The molecule has 0 aliphatic rings. The van der Waals surface area contributed by atoms with E-state index in [1.54, 1.807) is 10.6 Å². The van der Waals surface area contributed by atoms with Gasteiger partial charge < -0.3 is 5.11 Å². The largest absolute Gasteiger partial charge is 0.476 e. The summed E-state index contributed by atoms with van der Waals surface area (Å²) in [6.45, 7) is 6.17. The Balaban J connectivity index is 2.73. The van der Waals surface area contributed by atoms with E-state index in [-0.39, 0.29) is 11.1 Å². The van der Waals surface area contributed by atoms with Crippen molar-refractivity contribution in [1.82, 2.24) is 14.4 Å². The van der Waals surface area contributed by atoms with Gasteiger partial charge in [-0.1, -0.05) is 20.8 Å². The Morgan fingerprint density at radius 2 is 2.12 bits per heavy atom. The molecule has 5 heteroatoms. The molecule has 1 N–H and O–H groups in total. The molecule has 2 aromatic rings. The highest BCUT2D eigenvalue weighted by molar-refractivity contribution is 5.85. The van der Waals surface area contributed by atoms with Gasteiger partial charge in [0.05, 0.1) is 0 Å². The van der Waals surface area contributed by atoms with Crippen LogP contribution in [0, 0.1) is 0 Å². The van der Waals surface area contributed by atoms with E-state index in [2.05, 4.69) is 30.7 Å². The van der Waals surface area contributed by atoms with Gasteiger partial charge >= 0.3 is 5.97 Å². The van der Waals surface area contributed by atoms with Crippen LogP contribution in [-0.2, 0) is 5.41 Å². The van der Waals surface area contributed by atoms with Gasteiger partial charge in [-0.05, 0) is 6.07 Å². The lowest BCUT2D eigenvalue weighted by Crippen LogP contribution is -2.16. The third-order valence-corrected chi connectivity index (χ3v) is 2.36. The fourth-order valence-electron chi connectivity index (χ4n) is 1.61. The molecule has 84 valence electrons. The minimum absolute atomic E-state index is 0.0178. The van der Waals surface area contributed by atoms with Crippen molar-refractivity contribution in [3.63, 3.8) is 0 Å². The van der Waals surface area contributed by atoms with Gasteiger partial charge in [-0.25, -0.2) is 14.8 Å². The molecule has 0 radical (unpaired) electrons. The Morgan fingerprint density at radius 1 is 1.44 bits per heavy atom. The fourth-order valence-corrected chi connectivity index (χ4v) is 1.61. The molecule has 0 spiro atoms. The fraction of sp³-hybridized carbons (Fsp3) is 0.364. The minimum Gasteiger partial charge on any atom is -0.476 e. The number of carbonyl (C=O) groups is 1. The maximum Gasteiger partial charge on any atom is 0.356 e. The van der Waals surface area contributed by atoms with E-state index >= 15 is 0 Å². The maximum atomic E-state index is 10.8. The maximum absolute atomic E-state index is 10.8. The molecule has 0 atom stereocenters. The van der Waals surface area contributed by atoms with Crippen molar-refractivity contribution in [1.29, 1.82) is 0 Å². The van der Waals surface area contributed by atoms with Crippen molar-refractivity contribution in [3.05, 3.63) is 29.8 Å². The number of aromatic nitrogens is 3. The van der Waals surface area contributed by atoms with Crippen LogP contribution in [0.5, 0.6) is 0 Å². The normalized spacial score (nSPS) is 11.9. The van der Waals surface area contributed by atoms with Crippen LogP contribution < -0.4 is 0 Å². The van der Waals surface area contributed by atoms with Crippen molar-refractivity contribution in [3.8, 4) is 0 Å². The average Bonchev–Trinajstić information content (AvgIpc) is 2.58. The van der Waals surface area contributed by atoms with E-state index < -0.39 is 5.97 Å². The molecular weight excluding hydrogens is 206 g/mol. The van der Waals surface area contributed by atoms with Crippen molar-refractivity contribution < 1.29 is 9.90 Å². The molecular formula is C11H13N3O2. The predicted octanol–water partition coefficient (Wildman–Crippen LogP) is 1.73. The second-order valence-corrected chi connectivity index (χ2v) is 4.68. The summed E-state index contributed by atoms with van der Waals surface area (Å²) in [7, 11) is 0. The zero-order chi connectivity index (χ0) is 11.9. The molecule has 2 aromatic heterocycles. The summed E-state index contributed by atoms with van der Waals surface area (Å²) in [5.41, 5.74) is 0.916. The van der Waals surface area contributed by atoms with Crippen LogP contribution in [0.4, 0.5) is 0 Å². The Hall–Kier alpha value is -1.91. The van der Waals surface area contributed by atoms with Crippen molar-refractivity contribution in [2.45, 2.75) is 26.2 Å². The molecule has 0 aliphatic heterocycles. The van der Waals surface area contributed by atoms with Crippen LogP contribution in [0.2, 0.25) is 0 Å². The number of aromatic carboxylic acids is 1. The van der Waals surface area contributed by atoms with Gasteiger partial charge in [0.15, 0.2) is 5.69 Å². The summed E-state index contributed by atoms with van der Waals surface area (Å²) in [5.74, 6) is -0.616. The van der Waals surface area contributed by atoms with Gasteiger partial charge in [-0.2, -0.15) is 0 Å². The lowest BCUT2D eigenvalue weighted by atomic mass is 9.92. The number of imidazole rings is 1. The van der Waals surface area contributed by atoms with Crippen molar-refractivity contribution in [2.75, 3.05) is 0 Å². The predicted molar refractivity (Wildman–Crippen MR) is 58.6 cm³/mol. The van der Waals surface area contributed by atoms with Gasteiger partial charge in [-0.15, -0.1) is 0 Å². The zero-order valence-electron chi connectivity index (χ0n) is 9.43. The molecule has 0 amide bonds. The SMILES string of the molecule is CC(C)(C)c1ccnc2nc(C(=O)O)cn12. The van der Waals surface area contributed by atoms with Crippen molar-refractivity contribution >= 4 is 11.7 Å². The number of hydrogen-bond acceptors (Lipinski definition) is 3. The van der Waals surface area contributed by atoms with E-state index in [1.807, 2.05) is 6.07 Å². The lowest BCUT2D eigenvalue weighted by molar-refractivity contribution is 0.0691. The van der Waals surface area contributed by atoms with Gasteiger partial charge in [-0.3, -0.25) is 4.40 Å². The van der Waals surface area contributed by atoms with Crippen LogP contribution in [0.1, 0.15) is 37.0 Å². The average molecular weight is 219 g/mol. The topological polar surface area (TPSA) is 67.5 Å². The molecule has 2 rings (SSSR count). The second-order valence-electron chi connectivity index (χ2n) is 4.68. The van der Waals surface area contributed by atoms with Crippen LogP contribution >= 0.6 is 0 Å². The third kappa shape index (κ3) is 1.64. The molecule has 0 aliphatic carbocycles. The van der Waals surface area contributed by atoms with Crippen molar-refractivity contribution in [2.24, 2.45) is 0 Å². The molecule has 5 nitrogen and oxygen atoms in total. The lowest BCUT2D eigenvalue weighted by Gasteiger charge is -2.19. The van der Waals surface area contributed by atoms with Gasteiger partial charge in [0.1, 0.15) is 0 Å². The number of fused-ring (bicyclic) bond motifs is 1. The van der Waals surface area contributed by atoms with E-state index in [4.69, 9.17) is 5.11 Å². The number of rotatable bonds is 1. The van der Waals surface area contributed by atoms with Crippen LogP contribution in [0.25, 0.3) is 5.78 Å². The first-order valence-electron chi connectivity index (χ1n) is 4.97. The smallest absolute Gasteiger partial charge is 0.356 e. The first kappa shape index (κ1) is 10.6. The molecule has 2 heterocycles. The molecule has 16 heavy (non-hydrogen) atoms. The summed E-state index contributed by atoms with van der Waals surface area (Å²) in [4.78, 5) is 18.8. The molecule has 0 fully saturated rings. The Labute approximate surface area is 92.8 Å². The Morgan fingerprint density at radius 3 is 2.69 bits per heavy atom. The Kier molecular flexibility index (Phi) is 2.18. The molecule has 0 saturated heterocycles. The Bertz CT molecular complexity index is 552. The van der Waals surface area contributed by atoms with Crippen LogP contribution in [0.15, 0.2) is 18.5 Å². The van der Waals surface area contributed by atoms with E-state index in [1.165, 1.54) is 6.20 Å². The molecule has 0 aromatic carbocycles. The monoisotopic (exact) mass is 219 g/mol. The first-order chi connectivity index (χ1) is 7.39. The third-order valence-electron chi connectivity index (χ3n) is 2.36.